The Kier molecular flexibility index (Phi) is 2.22. The van der Waals surface area contributed by atoms with Gasteiger partial charge in [0.15, 0.2) is 5.78 Å². The fourth-order valence-electron chi connectivity index (χ4n) is 2.09. The molecular weight excluding hydrogens is 166 g/mol. The average Bonchev–Trinajstić information content (AvgIpc) is 1.99. The van der Waals surface area contributed by atoms with Crippen molar-refractivity contribution in [1.82, 2.24) is 0 Å². The number of ketones is 1. The van der Waals surface area contributed by atoms with Crippen molar-refractivity contribution in [3.63, 3.8) is 0 Å². The molecule has 74 valence electrons. The van der Waals surface area contributed by atoms with Crippen molar-refractivity contribution < 1.29 is 9.59 Å². The van der Waals surface area contributed by atoms with Gasteiger partial charge in [0.1, 0.15) is 5.41 Å². The van der Waals surface area contributed by atoms with Crippen LogP contribution >= 0.6 is 0 Å². The number of hydrogen-bond donors (Lipinski definition) is 1. The molecule has 1 unspecified atom stereocenters. The molecule has 0 heterocycles. The Morgan fingerprint density at radius 2 is 1.85 bits per heavy atom. The zero-order valence-corrected chi connectivity index (χ0v) is 8.52. The van der Waals surface area contributed by atoms with Gasteiger partial charge in [0.2, 0.25) is 5.91 Å². The molecule has 1 saturated carbocycles. The SMILES string of the molecule is CC1(C)CCCC(C)(C(N)=O)C1=O. The number of Topliss-reactive ketones (excluding diaryl/α,β-unsaturated/α-hetero) is 1. The first-order valence-electron chi connectivity index (χ1n) is 4.65. The molecule has 0 radical (unpaired) electrons. The van der Waals surface area contributed by atoms with Crippen molar-refractivity contribution in [2.75, 3.05) is 0 Å². The van der Waals surface area contributed by atoms with Crippen LogP contribution in [-0.4, -0.2) is 11.7 Å². The zero-order chi connectivity index (χ0) is 10.3. The second kappa shape index (κ2) is 2.82. The van der Waals surface area contributed by atoms with Gasteiger partial charge in [-0.15, -0.1) is 0 Å². The summed E-state index contributed by atoms with van der Waals surface area (Å²) in [4.78, 5) is 23.1. The van der Waals surface area contributed by atoms with E-state index in [0.29, 0.717) is 6.42 Å². The highest BCUT2D eigenvalue weighted by molar-refractivity contribution is 6.07. The van der Waals surface area contributed by atoms with Gasteiger partial charge in [-0.05, 0) is 19.8 Å². The van der Waals surface area contributed by atoms with Gasteiger partial charge < -0.3 is 5.73 Å². The van der Waals surface area contributed by atoms with Crippen LogP contribution in [0.1, 0.15) is 40.0 Å². The standard InChI is InChI=1S/C10H17NO2/c1-9(2)5-4-6-10(3,7(9)12)8(11)13/h4-6H2,1-3H3,(H2,11,13). The first-order valence-corrected chi connectivity index (χ1v) is 4.65. The highest BCUT2D eigenvalue weighted by Gasteiger charge is 2.49. The molecule has 1 amide bonds. The predicted octanol–water partition coefficient (Wildman–Crippen LogP) is 1.26. The normalized spacial score (nSPS) is 33.0. The minimum atomic E-state index is -0.929. The zero-order valence-electron chi connectivity index (χ0n) is 8.52. The van der Waals surface area contributed by atoms with Crippen LogP contribution in [0.3, 0.4) is 0 Å². The molecule has 1 rings (SSSR count). The maximum absolute atomic E-state index is 11.9. The van der Waals surface area contributed by atoms with Gasteiger partial charge in [0, 0.05) is 5.41 Å². The monoisotopic (exact) mass is 183 g/mol. The van der Waals surface area contributed by atoms with E-state index in [4.69, 9.17) is 5.73 Å². The molecule has 13 heavy (non-hydrogen) atoms. The number of nitrogens with two attached hydrogens (primary N) is 1. The molecule has 1 aliphatic rings. The fraction of sp³-hybridized carbons (Fsp3) is 0.800. The summed E-state index contributed by atoms with van der Waals surface area (Å²) in [5, 5.41) is 0. The third-order valence-electron chi connectivity index (χ3n) is 3.14. The topological polar surface area (TPSA) is 60.2 Å². The van der Waals surface area contributed by atoms with Crippen LogP contribution in [0.15, 0.2) is 0 Å². The van der Waals surface area contributed by atoms with Crippen LogP contribution in [0.5, 0.6) is 0 Å². The van der Waals surface area contributed by atoms with Gasteiger partial charge in [-0.3, -0.25) is 9.59 Å². The molecule has 0 saturated heterocycles. The van der Waals surface area contributed by atoms with Crippen LogP contribution in [0.2, 0.25) is 0 Å². The number of amides is 1. The van der Waals surface area contributed by atoms with Gasteiger partial charge in [-0.25, -0.2) is 0 Å². The molecule has 2 N–H and O–H groups in total. The van der Waals surface area contributed by atoms with E-state index < -0.39 is 11.3 Å². The lowest BCUT2D eigenvalue weighted by Crippen LogP contribution is -2.50. The van der Waals surface area contributed by atoms with E-state index in [2.05, 4.69) is 0 Å². The van der Waals surface area contributed by atoms with Crippen LogP contribution in [-0.2, 0) is 9.59 Å². The van der Waals surface area contributed by atoms with E-state index in [0.717, 1.165) is 12.8 Å². The summed E-state index contributed by atoms with van der Waals surface area (Å²) in [5.41, 5.74) is 3.94. The molecule has 0 aromatic rings. The van der Waals surface area contributed by atoms with E-state index in [1.165, 1.54) is 0 Å². The van der Waals surface area contributed by atoms with E-state index in [-0.39, 0.29) is 11.2 Å². The smallest absolute Gasteiger partial charge is 0.230 e. The molecule has 0 spiro atoms. The third kappa shape index (κ3) is 1.47. The van der Waals surface area contributed by atoms with E-state index in [9.17, 15) is 9.59 Å². The first kappa shape index (κ1) is 10.2. The van der Waals surface area contributed by atoms with Crippen molar-refractivity contribution in [2.45, 2.75) is 40.0 Å². The predicted molar refractivity (Wildman–Crippen MR) is 49.9 cm³/mol. The Labute approximate surface area is 78.7 Å². The Bertz CT molecular complexity index is 258. The minimum absolute atomic E-state index is 0.00116. The summed E-state index contributed by atoms with van der Waals surface area (Å²) in [5.74, 6) is -0.482. The summed E-state index contributed by atoms with van der Waals surface area (Å²) in [7, 11) is 0. The Morgan fingerprint density at radius 1 is 1.31 bits per heavy atom. The summed E-state index contributed by atoms with van der Waals surface area (Å²) >= 11 is 0. The molecule has 1 aliphatic carbocycles. The second-order valence-electron chi connectivity index (χ2n) is 4.76. The number of rotatable bonds is 1. The van der Waals surface area contributed by atoms with Crippen molar-refractivity contribution in [3.8, 4) is 0 Å². The van der Waals surface area contributed by atoms with Crippen LogP contribution < -0.4 is 5.73 Å². The average molecular weight is 183 g/mol. The van der Waals surface area contributed by atoms with Crippen molar-refractivity contribution in [2.24, 2.45) is 16.6 Å². The second-order valence-corrected chi connectivity index (χ2v) is 4.76. The van der Waals surface area contributed by atoms with Crippen molar-refractivity contribution >= 4 is 11.7 Å². The third-order valence-corrected chi connectivity index (χ3v) is 3.14. The Balaban J connectivity index is 3.02. The van der Waals surface area contributed by atoms with Gasteiger partial charge in [-0.2, -0.15) is 0 Å². The van der Waals surface area contributed by atoms with E-state index >= 15 is 0 Å². The van der Waals surface area contributed by atoms with Gasteiger partial charge >= 0.3 is 0 Å². The quantitative estimate of drug-likeness (QED) is 0.622. The summed E-state index contributed by atoms with van der Waals surface area (Å²) < 4.78 is 0. The van der Waals surface area contributed by atoms with Crippen molar-refractivity contribution in [1.29, 1.82) is 0 Å². The number of carbonyl (C=O) groups is 2. The molecule has 0 aromatic carbocycles. The molecule has 0 bridgehead atoms. The summed E-state index contributed by atoms with van der Waals surface area (Å²) in [6.45, 7) is 5.43. The fourth-order valence-corrected chi connectivity index (χ4v) is 2.09. The molecule has 1 atom stereocenters. The maximum Gasteiger partial charge on any atom is 0.230 e. The maximum atomic E-state index is 11.9. The number of primary amides is 1. The van der Waals surface area contributed by atoms with E-state index in [1.807, 2.05) is 13.8 Å². The van der Waals surface area contributed by atoms with Gasteiger partial charge in [0.05, 0.1) is 0 Å². The molecule has 0 aromatic heterocycles. The van der Waals surface area contributed by atoms with Crippen LogP contribution in [0.4, 0.5) is 0 Å². The molecule has 3 nitrogen and oxygen atoms in total. The van der Waals surface area contributed by atoms with E-state index in [1.54, 1.807) is 6.92 Å². The van der Waals surface area contributed by atoms with Crippen molar-refractivity contribution in [3.05, 3.63) is 0 Å². The Morgan fingerprint density at radius 3 is 2.23 bits per heavy atom. The first-order chi connectivity index (χ1) is 5.81. The lowest BCUT2D eigenvalue weighted by atomic mass is 9.63. The number of hydrogen-bond acceptors (Lipinski definition) is 2. The lowest BCUT2D eigenvalue weighted by Gasteiger charge is -2.38. The highest BCUT2D eigenvalue weighted by atomic mass is 16.2. The summed E-state index contributed by atoms with van der Waals surface area (Å²) in [6.07, 6.45) is 2.36. The van der Waals surface area contributed by atoms with Crippen LogP contribution in [0.25, 0.3) is 0 Å². The Hall–Kier alpha value is -0.860. The van der Waals surface area contributed by atoms with Crippen LogP contribution in [0, 0.1) is 10.8 Å². The lowest BCUT2D eigenvalue weighted by molar-refractivity contribution is -0.148. The largest absolute Gasteiger partial charge is 0.369 e. The molecule has 0 aliphatic heterocycles. The molecule has 3 heteroatoms. The van der Waals surface area contributed by atoms with Gasteiger partial charge in [0.25, 0.3) is 0 Å². The minimum Gasteiger partial charge on any atom is -0.369 e. The van der Waals surface area contributed by atoms with Gasteiger partial charge in [-0.1, -0.05) is 20.3 Å². The summed E-state index contributed by atoms with van der Waals surface area (Å²) in [6, 6.07) is 0. The molecular formula is C10H17NO2. The number of carbonyl (C=O) groups excluding carboxylic acids is 2. The highest BCUT2D eigenvalue weighted by Crippen LogP contribution is 2.42. The molecule has 1 fully saturated rings.